The first-order valence-corrected chi connectivity index (χ1v) is 11.8. The summed E-state index contributed by atoms with van der Waals surface area (Å²) in [6.07, 6.45) is 2.76. The van der Waals surface area contributed by atoms with E-state index < -0.39 is 11.1 Å². The number of esters is 1. The average molecular weight is 435 g/mol. The molecule has 1 aromatic rings. The molecule has 1 aromatic carbocycles. The molecule has 0 bridgehead atoms. The Hall–Kier alpha value is -1.54. The van der Waals surface area contributed by atoms with Crippen molar-refractivity contribution in [1.82, 2.24) is 0 Å². The van der Waals surface area contributed by atoms with Gasteiger partial charge in [0.15, 0.2) is 19.4 Å². The van der Waals surface area contributed by atoms with Crippen LogP contribution < -0.4 is 0 Å². The van der Waals surface area contributed by atoms with Gasteiger partial charge in [0, 0.05) is 12.0 Å². The van der Waals surface area contributed by atoms with Crippen molar-refractivity contribution in [3.63, 3.8) is 0 Å². The van der Waals surface area contributed by atoms with E-state index in [1.165, 1.54) is 0 Å². The van der Waals surface area contributed by atoms with Gasteiger partial charge in [-0.3, -0.25) is 14.2 Å². The lowest BCUT2D eigenvalue weighted by Crippen LogP contribution is -2.39. The van der Waals surface area contributed by atoms with E-state index in [2.05, 4.69) is 27.7 Å². The van der Waals surface area contributed by atoms with Crippen LogP contribution >= 0.6 is 8.46 Å². The van der Waals surface area contributed by atoms with Crippen molar-refractivity contribution in [2.75, 3.05) is 6.61 Å². The molecular formula is C25H39O4P. The molecule has 0 saturated heterocycles. The highest BCUT2D eigenvalue weighted by molar-refractivity contribution is 7.28. The molecule has 0 spiro atoms. The van der Waals surface area contributed by atoms with Gasteiger partial charge >= 0.3 is 5.97 Å². The Balaban J connectivity index is 3.26. The Bertz CT molecular complexity index is 740. The van der Waals surface area contributed by atoms with E-state index in [1.807, 2.05) is 39.8 Å². The second-order valence-corrected chi connectivity index (χ2v) is 11.1. The summed E-state index contributed by atoms with van der Waals surface area (Å²) in [5, 5.41) is -1.35. The largest absolute Gasteiger partial charge is 0.465 e. The molecule has 5 heteroatoms. The van der Waals surface area contributed by atoms with E-state index in [4.69, 9.17) is 4.74 Å². The zero-order valence-corrected chi connectivity index (χ0v) is 20.9. The number of hydrogen-bond acceptors (Lipinski definition) is 4. The van der Waals surface area contributed by atoms with Crippen LogP contribution in [0.3, 0.4) is 0 Å². The molecule has 2 atom stereocenters. The number of carbonyl (C=O) groups is 2. The van der Waals surface area contributed by atoms with E-state index in [0.717, 1.165) is 36.0 Å². The van der Waals surface area contributed by atoms with Gasteiger partial charge in [-0.05, 0) is 62.5 Å². The zero-order valence-electron chi connectivity index (χ0n) is 20.1. The average Bonchev–Trinajstić information content (AvgIpc) is 2.58. The number of ketones is 1. The fourth-order valence-electron chi connectivity index (χ4n) is 4.45. The van der Waals surface area contributed by atoms with Crippen molar-refractivity contribution in [3.8, 4) is 0 Å². The maximum atomic E-state index is 13.3. The number of rotatable bonds is 11. The van der Waals surface area contributed by atoms with Gasteiger partial charge in [-0.15, -0.1) is 0 Å². The lowest BCUT2D eigenvalue weighted by Gasteiger charge is -2.30. The van der Waals surface area contributed by atoms with Crippen molar-refractivity contribution in [2.45, 2.75) is 92.7 Å². The maximum absolute atomic E-state index is 13.3. The molecule has 168 valence electrons. The predicted octanol–water partition coefficient (Wildman–Crippen LogP) is 7.02. The normalized spacial score (nSPS) is 14.9. The second-order valence-electron chi connectivity index (χ2n) is 10.1. The summed E-state index contributed by atoms with van der Waals surface area (Å²) in [6, 6.07) is 3.94. The van der Waals surface area contributed by atoms with Crippen molar-refractivity contribution in [2.24, 2.45) is 11.3 Å². The van der Waals surface area contributed by atoms with E-state index in [9.17, 15) is 14.2 Å². The zero-order chi connectivity index (χ0) is 23.1. The van der Waals surface area contributed by atoms with Crippen LogP contribution in [0.2, 0.25) is 0 Å². The van der Waals surface area contributed by atoms with Crippen LogP contribution in [0.5, 0.6) is 0 Å². The lowest BCUT2D eigenvalue weighted by atomic mass is 9.79. The molecule has 0 aromatic heterocycles. The molecule has 30 heavy (non-hydrogen) atoms. The number of Topliss-reactive ketones (excluding diaryl/α,β-unsaturated/α-hetero) is 1. The quantitative estimate of drug-likeness (QED) is 0.162. The smallest absolute Gasteiger partial charge is 0.324 e. The topological polar surface area (TPSA) is 60.4 Å². The minimum absolute atomic E-state index is 0.0746. The first kappa shape index (κ1) is 26.5. The molecule has 2 unspecified atom stereocenters. The Morgan fingerprint density at radius 3 is 2.10 bits per heavy atom. The highest BCUT2D eigenvalue weighted by Gasteiger charge is 2.45. The third kappa shape index (κ3) is 7.61. The van der Waals surface area contributed by atoms with Gasteiger partial charge in [-0.2, -0.15) is 0 Å². The summed E-state index contributed by atoms with van der Waals surface area (Å²) in [5.41, 5.74) is 3.56. The molecule has 0 aliphatic carbocycles. The van der Waals surface area contributed by atoms with Crippen molar-refractivity contribution < 1.29 is 18.9 Å². The van der Waals surface area contributed by atoms with Crippen molar-refractivity contribution in [3.05, 3.63) is 34.4 Å². The number of carbonyl (C=O) groups excluding carboxylic acids is 2. The molecule has 0 heterocycles. The number of aryl methyl sites for hydroxylation is 3. The fourth-order valence-corrected chi connectivity index (χ4v) is 5.18. The molecule has 4 nitrogen and oxygen atoms in total. The second kappa shape index (κ2) is 11.2. The predicted molar refractivity (Wildman–Crippen MR) is 124 cm³/mol. The molecule has 0 aliphatic heterocycles. The van der Waals surface area contributed by atoms with Gasteiger partial charge < -0.3 is 4.74 Å². The van der Waals surface area contributed by atoms with Gasteiger partial charge in [-0.25, -0.2) is 0 Å². The fraction of sp³-hybridized carbons (Fsp3) is 0.680. The van der Waals surface area contributed by atoms with Crippen LogP contribution in [-0.4, -0.2) is 23.5 Å². The number of ether oxygens (including phenoxy) is 1. The molecule has 0 amide bonds. The van der Waals surface area contributed by atoms with Crippen LogP contribution in [0.15, 0.2) is 12.1 Å². The molecule has 0 radical (unpaired) electrons. The highest BCUT2D eigenvalue weighted by Crippen LogP contribution is 2.40. The first-order chi connectivity index (χ1) is 13.8. The molecular weight excluding hydrogens is 395 g/mol. The third-order valence-electron chi connectivity index (χ3n) is 5.34. The van der Waals surface area contributed by atoms with Crippen LogP contribution in [0.1, 0.15) is 93.8 Å². The van der Waals surface area contributed by atoms with Crippen molar-refractivity contribution in [1.29, 1.82) is 0 Å². The van der Waals surface area contributed by atoms with E-state index in [0.29, 0.717) is 12.0 Å². The lowest BCUT2D eigenvalue weighted by molar-refractivity contribution is -0.147. The molecule has 0 N–H and O–H groups in total. The number of unbranched alkanes of at least 4 members (excludes halogenated alkanes) is 1. The van der Waals surface area contributed by atoms with E-state index >= 15 is 0 Å². The summed E-state index contributed by atoms with van der Waals surface area (Å²) in [7, 11) is -0.348. The van der Waals surface area contributed by atoms with Gasteiger partial charge in [0.2, 0.25) is 0 Å². The summed E-state index contributed by atoms with van der Waals surface area (Å²) in [5.74, 6) is -0.550. The molecule has 0 fully saturated rings. The van der Waals surface area contributed by atoms with E-state index in [1.54, 1.807) is 0 Å². The van der Waals surface area contributed by atoms with Gasteiger partial charge in [0.25, 0.3) is 0 Å². The molecule has 0 aliphatic rings. The Morgan fingerprint density at radius 1 is 1.07 bits per heavy atom. The third-order valence-corrected chi connectivity index (χ3v) is 6.21. The summed E-state index contributed by atoms with van der Waals surface area (Å²) < 4.78 is 17.9. The summed E-state index contributed by atoms with van der Waals surface area (Å²) >= 11 is 0. The Kier molecular flexibility index (Phi) is 9.88. The van der Waals surface area contributed by atoms with Crippen LogP contribution in [0, 0.1) is 32.1 Å². The summed E-state index contributed by atoms with van der Waals surface area (Å²) in [6.45, 7) is 16.6. The Labute approximate surface area is 184 Å². The minimum atomic E-state index is -1.35. The summed E-state index contributed by atoms with van der Waals surface area (Å²) in [4.78, 5) is 26.4. The monoisotopic (exact) mass is 434 g/mol. The Morgan fingerprint density at radius 2 is 1.63 bits per heavy atom. The van der Waals surface area contributed by atoms with Crippen LogP contribution in [0.25, 0.3) is 0 Å². The van der Waals surface area contributed by atoms with Gasteiger partial charge in [0.1, 0.15) is 0 Å². The van der Waals surface area contributed by atoms with E-state index in [-0.39, 0.29) is 38.6 Å². The molecule has 0 saturated carbocycles. The van der Waals surface area contributed by atoms with Crippen LogP contribution in [0.4, 0.5) is 0 Å². The first-order valence-electron chi connectivity index (χ1n) is 11.0. The van der Waals surface area contributed by atoms with Crippen molar-refractivity contribution >= 4 is 20.2 Å². The number of benzene rings is 1. The number of hydrogen-bond donors (Lipinski definition) is 0. The SMILES string of the molecule is CCCCOC(=O)C(CC(=O)c1c(C)cc(C)cc1C)(CC(C)CC(C)(C)C)P=O. The van der Waals surface area contributed by atoms with Gasteiger partial charge in [-0.1, -0.05) is 58.7 Å². The standard InChI is InChI=1S/C25H39O4P/c1-9-10-11-29-23(27)25(30-28,15-18(3)14-24(6,7)8)16-21(26)22-19(4)12-17(2)13-20(22)5/h12-13,18H,9-11,14-16H2,1-8H3. The van der Waals surface area contributed by atoms with Gasteiger partial charge in [0.05, 0.1) is 6.61 Å². The van der Waals surface area contributed by atoms with Crippen LogP contribution in [-0.2, 0) is 14.1 Å². The maximum Gasteiger partial charge on any atom is 0.324 e. The molecule has 1 rings (SSSR count). The minimum Gasteiger partial charge on any atom is -0.465 e. The highest BCUT2D eigenvalue weighted by atomic mass is 31.1.